The molecule has 0 radical (unpaired) electrons. The van der Waals surface area contributed by atoms with E-state index in [0.29, 0.717) is 6.42 Å². The smallest absolute Gasteiger partial charge is 0.463 e. The normalized spacial score (nSPS) is 15.4. The summed E-state index contributed by atoms with van der Waals surface area (Å²) < 4.78 is 33.9. The second-order valence-corrected chi connectivity index (χ2v) is 6.08. The van der Waals surface area contributed by atoms with Gasteiger partial charge in [-0.3, -0.25) is 4.52 Å². The zero-order valence-electron chi connectivity index (χ0n) is 10.2. The molecule has 11 heteroatoms. The van der Waals surface area contributed by atoms with E-state index >= 15 is 0 Å². The average Bonchev–Trinajstić information content (AvgIpc) is 2.20. The van der Waals surface area contributed by atoms with Crippen LogP contribution in [0.2, 0.25) is 0 Å². The lowest BCUT2D eigenvalue weighted by Gasteiger charge is -2.12. The summed E-state index contributed by atoms with van der Waals surface area (Å²) in [5, 5.41) is 0. The summed E-state index contributed by atoms with van der Waals surface area (Å²) in [6.07, 6.45) is 3.37. The Labute approximate surface area is 110 Å². The maximum atomic E-state index is 11.0. The van der Waals surface area contributed by atoms with E-state index in [1.165, 1.54) is 12.2 Å². The fraction of sp³-hybridized carbons (Fsp3) is 0.625. The van der Waals surface area contributed by atoms with Gasteiger partial charge in [-0.1, -0.05) is 6.08 Å². The molecule has 1 atom stereocenters. The van der Waals surface area contributed by atoms with Crippen LogP contribution in [0.1, 0.15) is 19.8 Å². The molecule has 0 amide bonds. The average molecular weight is 318 g/mol. The van der Waals surface area contributed by atoms with E-state index in [0.717, 1.165) is 0 Å². The van der Waals surface area contributed by atoms with Crippen LogP contribution in [0.25, 0.3) is 0 Å². The molecule has 9 nitrogen and oxygen atoms in total. The van der Waals surface area contributed by atoms with Gasteiger partial charge in [-0.25, -0.2) is 13.9 Å². The summed E-state index contributed by atoms with van der Waals surface area (Å²) in [5.74, 6) is -0.499. The minimum Gasteiger partial charge on any atom is -0.463 e. The number of hydrogen-bond acceptors (Lipinski definition) is 6. The van der Waals surface area contributed by atoms with Crippen LogP contribution in [-0.2, 0) is 27.5 Å². The molecular weight excluding hydrogens is 302 g/mol. The summed E-state index contributed by atoms with van der Waals surface area (Å²) in [6, 6.07) is 0. The first kappa shape index (κ1) is 18.5. The van der Waals surface area contributed by atoms with Crippen molar-refractivity contribution in [2.75, 3.05) is 13.2 Å². The van der Waals surface area contributed by atoms with Crippen molar-refractivity contribution in [1.82, 2.24) is 0 Å². The second kappa shape index (κ2) is 8.60. The maximum Gasteiger partial charge on any atom is 0.481 e. The SMILES string of the molecule is CC=CC(=O)OCCCCOP(=O)(O)OP(=O)(O)O. The third-order valence-electron chi connectivity index (χ3n) is 1.55. The molecule has 0 aromatic carbocycles. The molecule has 0 aliphatic rings. The molecule has 0 bridgehead atoms. The van der Waals surface area contributed by atoms with Crippen LogP contribution in [0.15, 0.2) is 12.2 Å². The van der Waals surface area contributed by atoms with Crippen molar-refractivity contribution in [3.8, 4) is 0 Å². The van der Waals surface area contributed by atoms with Gasteiger partial charge in [0.1, 0.15) is 0 Å². The highest BCUT2D eigenvalue weighted by atomic mass is 31.3. The summed E-state index contributed by atoms with van der Waals surface area (Å²) in [7, 11) is -9.86. The molecule has 112 valence electrons. The molecule has 0 fully saturated rings. The molecule has 1 unspecified atom stereocenters. The van der Waals surface area contributed by atoms with Crippen molar-refractivity contribution < 1.29 is 42.2 Å². The summed E-state index contributed by atoms with van der Waals surface area (Å²) in [5.41, 5.74) is 0. The van der Waals surface area contributed by atoms with Crippen molar-refractivity contribution >= 4 is 21.6 Å². The highest BCUT2D eigenvalue weighted by Gasteiger charge is 2.31. The number of phosphoric ester groups is 1. The Morgan fingerprint density at radius 1 is 1.16 bits per heavy atom. The van der Waals surface area contributed by atoms with Gasteiger partial charge in [0.2, 0.25) is 0 Å². The lowest BCUT2D eigenvalue weighted by atomic mass is 10.3. The fourth-order valence-corrected chi connectivity index (χ4v) is 2.52. The van der Waals surface area contributed by atoms with E-state index in [4.69, 9.17) is 19.4 Å². The van der Waals surface area contributed by atoms with Crippen LogP contribution < -0.4 is 0 Å². The Morgan fingerprint density at radius 3 is 2.26 bits per heavy atom. The topological polar surface area (TPSA) is 140 Å². The van der Waals surface area contributed by atoms with Crippen LogP contribution in [0.4, 0.5) is 0 Å². The molecule has 0 rings (SSSR count). The van der Waals surface area contributed by atoms with Gasteiger partial charge >= 0.3 is 21.6 Å². The molecule has 0 aliphatic carbocycles. The summed E-state index contributed by atoms with van der Waals surface area (Å²) in [6.45, 7) is 1.49. The van der Waals surface area contributed by atoms with Crippen molar-refractivity contribution in [3.63, 3.8) is 0 Å². The number of phosphoric acid groups is 2. The second-order valence-electron chi connectivity index (χ2n) is 3.25. The Morgan fingerprint density at radius 2 is 1.74 bits per heavy atom. The zero-order valence-corrected chi connectivity index (χ0v) is 12.0. The van der Waals surface area contributed by atoms with Gasteiger partial charge in [-0.05, 0) is 19.8 Å². The first-order valence-electron chi connectivity index (χ1n) is 5.20. The van der Waals surface area contributed by atoms with E-state index in [1.807, 2.05) is 0 Å². The van der Waals surface area contributed by atoms with E-state index in [9.17, 15) is 13.9 Å². The Hall–Kier alpha value is -0.530. The zero-order chi connectivity index (χ0) is 14.9. The number of hydrogen-bond donors (Lipinski definition) is 3. The minimum absolute atomic E-state index is 0.0988. The molecule has 19 heavy (non-hydrogen) atoms. The molecule has 0 saturated heterocycles. The van der Waals surface area contributed by atoms with Gasteiger partial charge in [0, 0.05) is 6.08 Å². The van der Waals surface area contributed by atoms with Crippen molar-refractivity contribution in [2.45, 2.75) is 19.8 Å². The Kier molecular flexibility index (Phi) is 8.36. The van der Waals surface area contributed by atoms with Crippen molar-refractivity contribution in [1.29, 1.82) is 0 Å². The predicted molar refractivity (Wildman–Crippen MR) is 63.9 cm³/mol. The summed E-state index contributed by atoms with van der Waals surface area (Å²) >= 11 is 0. The quantitative estimate of drug-likeness (QED) is 0.247. The van der Waals surface area contributed by atoms with Gasteiger partial charge in [0.25, 0.3) is 0 Å². The highest BCUT2D eigenvalue weighted by molar-refractivity contribution is 7.60. The molecule has 0 spiro atoms. The largest absolute Gasteiger partial charge is 0.481 e. The molecule has 0 heterocycles. The van der Waals surface area contributed by atoms with Crippen LogP contribution in [-0.4, -0.2) is 33.9 Å². The van der Waals surface area contributed by atoms with Gasteiger partial charge < -0.3 is 19.4 Å². The first-order valence-corrected chi connectivity index (χ1v) is 8.22. The number of carbonyl (C=O) groups excluding carboxylic acids is 1. The van der Waals surface area contributed by atoms with Crippen LogP contribution in [0.5, 0.6) is 0 Å². The monoisotopic (exact) mass is 318 g/mol. The molecule has 0 aliphatic heterocycles. The van der Waals surface area contributed by atoms with Gasteiger partial charge in [-0.2, -0.15) is 4.31 Å². The first-order chi connectivity index (χ1) is 8.66. The number of rotatable bonds is 9. The minimum atomic E-state index is -5.08. The standard InChI is InChI=1S/C8H16O9P2/c1-2-5-8(9)15-6-3-4-7-16-19(13,14)17-18(10,11)12/h2,5H,3-4,6-7H2,1H3,(H,13,14)(H2,10,11,12). The Balaban J connectivity index is 3.72. The number of ether oxygens (including phenoxy) is 1. The number of unbranched alkanes of at least 4 members (excludes halogenated alkanes) is 1. The molecule has 0 saturated carbocycles. The lowest BCUT2D eigenvalue weighted by Crippen LogP contribution is -2.03. The molecule has 0 aromatic rings. The molecule has 3 N–H and O–H groups in total. The van der Waals surface area contributed by atoms with Gasteiger partial charge in [0.15, 0.2) is 0 Å². The fourth-order valence-electron chi connectivity index (χ4n) is 0.899. The van der Waals surface area contributed by atoms with Crippen LogP contribution in [0, 0.1) is 0 Å². The number of carbonyl (C=O) groups is 1. The van der Waals surface area contributed by atoms with E-state index < -0.39 is 21.6 Å². The van der Waals surface area contributed by atoms with Crippen molar-refractivity contribution in [2.24, 2.45) is 0 Å². The molecule has 0 aromatic heterocycles. The predicted octanol–water partition coefficient (Wildman–Crippen LogP) is 1.11. The third-order valence-corrected chi connectivity index (χ3v) is 3.73. The van der Waals surface area contributed by atoms with E-state index in [2.05, 4.69) is 8.83 Å². The highest BCUT2D eigenvalue weighted by Crippen LogP contribution is 2.57. The molecular formula is C8H16O9P2. The van der Waals surface area contributed by atoms with E-state index in [-0.39, 0.29) is 19.6 Å². The third kappa shape index (κ3) is 12.3. The van der Waals surface area contributed by atoms with Gasteiger partial charge in [-0.15, -0.1) is 0 Å². The van der Waals surface area contributed by atoms with Crippen LogP contribution in [0.3, 0.4) is 0 Å². The number of allylic oxidation sites excluding steroid dienone is 1. The number of esters is 1. The van der Waals surface area contributed by atoms with Gasteiger partial charge in [0.05, 0.1) is 13.2 Å². The summed E-state index contributed by atoms with van der Waals surface area (Å²) in [4.78, 5) is 36.4. The lowest BCUT2D eigenvalue weighted by molar-refractivity contribution is -0.137. The maximum absolute atomic E-state index is 11.0. The van der Waals surface area contributed by atoms with Crippen molar-refractivity contribution in [3.05, 3.63) is 12.2 Å². The van der Waals surface area contributed by atoms with E-state index in [1.54, 1.807) is 6.92 Å². The van der Waals surface area contributed by atoms with Crippen LogP contribution >= 0.6 is 15.6 Å². The Bertz CT molecular complexity index is 399.